The lowest BCUT2D eigenvalue weighted by atomic mass is 10.1. The first-order valence-corrected chi connectivity index (χ1v) is 4.88. The van der Waals surface area contributed by atoms with Crippen LogP contribution in [-0.4, -0.2) is 24.3 Å². The van der Waals surface area contributed by atoms with E-state index in [1.165, 1.54) is 6.92 Å². The molecule has 1 aromatic carbocycles. The zero-order valence-corrected chi connectivity index (χ0v) is 9.31. The number of hydrogen-bond donors (Lipinski definition) is 1. The highest BCUT2D eigenvalue weighted by molar-refractivity contribution is 5.93. The Kier molecular flexibility index (Phi) is 4.43. The van der Waals surface area contributed by atoms with E-state index in [0.717, 1.165) is 12.1 Å². The molecule has 0 saturated heterocycles. The van der Waals surface area contributed by atoms with E-state index < -0.39 is 24.1 Å². The van der Waals surface area contributed by atoms with Crippen molar-refractivity contribution in [3.8, 4) is 17.6 Å². The van der Waals surface area contributed by atoms with Crippen molar-refractivity contribution in [1.29, 1.82) is 5.26 Å². The monoisotopic (exact) mass is 257 g/mol. The number of carbonyl (C=O) groups excluding carboxylic acids is 1. The van der Waals surface area contributed by atoms with Gasteiger partial charge in [0.1, 0.15) is 23.1 Å². The van der Waals surface area contributed by atoms with Gasteiger partial charge in [0, 0.05) is 6.07 Å². The molecule has 5 nitrogen and oxygen atoms in total. The SMILES string of the molecule is CCOC(=O)c1cc(O)c(C#N)cc1OC(F)F. The Morgan fingerprint density at radius 2 is 2.22 bits per heavy atom. The Hall–Kier alpha value is -2.36. The summed E-state index contributed by atoms with van der Waals surface area (Å²) >= 11 is 0. The molecule has 1 aromatic rings. The van der Waals surface area contributed by atoms with Crippen LogP contribution in [0, 0.1) is 11.3 Å². The minimum atomic E-state index is -3.16. The quantitative estimate of drug-likeness (QED) is 0.835. The summed E-state index contributed by atoms with van der Waals surface area (Å²) in [5.74, 6) is -1.95. The van der Waals surface area contributed by atoms with Crippen LogP contribution in [-0.2, 0) is 4.74 Å². The van der Waals surface area contributed by atoms with Crippen molar-refractivity contribution in [2.75, 3.05) is 6.61 Å². The molecule has 1 N–H and O–H groups in total. The molecule has 0 fully saturated rings. The van der Waals surface area contributed by atoms with Gasteiger partial charge in [-0.15, -0.1) is 0 Å². The number of esters is 1. The molecule has 0 spiro atoms. The molecule has 0 radical (unpaired) electrons. The number of rotatable bonds is 4. The summed E-state index contributed by atoms with van der Waals surface area (Å²) in [6.07, 6.45) is 0. The second-order valence-corrected chi connectivity index (χ2v) is 3.08. The molecule has 1 rings (SSSR count). The molecule has 0 unspecified atom stereocenters. The zero-order chi connectivity index (χ0) is 13.7. The Labute approximate surface area is 101 Å². The minimum Gasteiger partial charge on any atom is -0.507 e. The van der Waals surface area contributed by atoms with E-state index in [-0.39, 0.29) is 17.7 Å². The van der Waals surface area contributed by atoms with Crippen LogP contribution in [0.3, 0.4) is 0 Å². The van der Waals surface area contributed by atoms with Crippen molar-refractivity contribution >= 4 is 5.97 Å². The lowest BCUT2D eigenvalue weighted by Crippen LogP contribution is -2.11. The topological polar surface area (TPSA) is 79.5 Å². The van der Waals surface area contributed by atoms with Crippen LogP contribution in [0.2, 0.25) is 0 Å². The Morgan fingerprint density at radius 1 is 1.56 bits per heavy atom. The number of phenolic OH excluding ortho intramolecular Hbond substituents is 1. The van der Waals surface area contributed by atoms with E-state index in [1.54, 1.807) is 6.07 Å². The summed E-state index contributed by atoms with van der Waals surface area (Å²) in [5.41, 5.74) is -0.646. The van der Waals surface area contributed by atoms with E-state index in [2.05, 4.69) is 9.47 Å². The number of nitriles is 1. The number of carbonyl (C=O) groups is 1. The molecule has 0 aliphatic heterocycles. The molecule has 0 saturated carbocycles. The first kappa shape index (κ1) is 13.7. The average Bonchev–Trinajstić information content (AvgIpc) is 2.30. The fourth-order valence-electron chi connectivity index (χ4n) is 1.22. The summed E-state index contributed by atoms with van der Waals surface area (Å²) in [6, 6.07) is 3.29. The minimum absolute atomic E-state index is 0.0354. The predicted molar refractivity (Wildman–Crippen MR) is 55.4 cm³/mol. The van der Waals surface area contributed by atoms with Gasteiger partial charge in [0.2, 0.25) is 0 Å². The molecular weight excluding hydrogens is 248 g/mol. The Bertz CT molecular complexity index is 497. The van der Waals surface area contributed by atoms with Crippen LogP contribution in [0.15, 0.2) is 12.1 Å². The number of benzene rings is 1. The van der Waals surface area contributed by atoms with Gasteiger partial charge in [-0.2, -0.15) is 14.0 Å². The molecule has 18 heavy (non-hydrogen) atoms. The predicted octanol–water partition coefficient (Wildman–Crippen LogP) is 2.04. The van der Waals surface area contributed by atoms with Gasteiger partial charge in [-0.1, -0.05) is 0 Å². The number of phenols is 1. The number of hydrogen-bond acceptors (Lipinski definition) is 5. The standard InChI is InChI=1S/C11H9F2NO4/c1-2-17-10(16)7-4-8(15)6(5-14)3-9(7)18-11(12)13/h3-4,11,15H,2H2,1H3. The number of ether oxygens (including phenoxy) is 2. The summed E-state index contributed by atoms with van der Waals surface area (Å²) in [6.45, 7) is -1.59. The van der Waals surface area contributed by atoms with Crippen molar-refractivity contribution in [3.05, 3.63) is 23.3 Å². The van der Waals surface area contributed by atoms with Gasteiger partial charge in [-0.25, -0.2) is 4.79 Å². The molecule has 0 aliphatic carbocycles. The van der Waals surface area contributed by atoms with Crippen LogP contribution in [0.4, 0.5) is 8.78 Å². The highest BCUT2D eigenvalue weighted by Gasteiger charge is 2.20. The van der Waals surface area contributed by atoms with Crippen LogP contribution in [0.1, 0.15) is 22.8 Å². The lowest BCUT2D eigenvalue weighted by Gasteiger charge is -2.11. The molecule has 0 aromatic heterocycles. The van der Waals surface area contributed by atoms with E-state index in [9.17, 15) is 18.7 Å². The van der Waals surface area contributed by atoms with Gasteiger partial charge in [0.25, 0.3) is 0 Å². The molecule has 96 valence electrons. The maximum absolute atomic E-state index is 12.2. The van der Waals surface area contributed by atoms with Crippen molar-refractivity contribution in [1.82, 2.24) is 0 Å². The maximum atomic E-state index is 12.2. The maximum Gasteiger partial charge on any atom is 0.387 e. The van der Waals surface area contributed by atoms with Gasteiger partial charge in [0.15, 0.2) is 0 Å². The number of alkyl halides is 2. The second kappa shape index (κ2) is 5.82. The van der Waals surface area contributed by atoms with Crippen molar-refractivity contribution in [2.24, 2.45) is 0 Å². The Balaban J connectivity index is 3.25. The Morgan fingerprint density at radius 3 is 2.72 bits per heavy atom. The zero-order valence-electron chi connectivity index (χ0n) is 9.31. The first-order chi connectivity index (χ1) is 8.49. The average molecular weight is 257 g/mol. The van der Waals surface area contributed by atoms with E-state index >= 15 is 0 Å². The van der Waals surface area contributed by atoms with Crippen molar-refractivity contribution in [3.63, 3.8) is 0 Å². The lowest BCUT2D eigenvalue weighted by molar-refractivity contribution is -0.0505. The molecule has 0 bridgehead atoms. The van der Waals surface area contributed by atoms with E-state index in [4.69, 9.17) is 5.26 Å². The van der Waals surface area contributed by atoms with Crippen LogP contribution < -0.4 is 4.74 Å². The van der Waals surface area contributed by atoms with Crippen molar-refractivity contribution < 1.29 is 28.2 Å². The summed E-state index contributed by atoms with van der Waals surface area (Å²) < 4.78 is 33.1. The van der Waals surface area contributed by atoms with Crippen LogP contribution in [0.25, 0.3) is 0 Å². The second-order valence-electron chi connectivity index (χ2n) is 3.08. The molecule has 0 amide bonds. The fraction of sp³-hybridized carbons (Fsp3) is 0.273. The van der Waals surface area contributed by atoms with Gasteiger partial charge < -0.3 is 14.6 Å². The number of nitrogens with zero attached hydrogens (tertiary/aromatic N) is 1. The molecule has 0 atom stereocenters. The van der Waals surface area contributed by atoms with E-state index in [0.29, 0.717) is 0 Å². The van der Waals surface area contributed by atoms with Gasteiger partial charge in [-0.3, -0.25) is 0 Å². The van der Waals surface area contributed by atoms with Crippen LogP contribution >= 0.6 is 0 Å². The molecule has 7 heteroatoms. The largest absolute Gasteiger partial charge is 0.507 e. The highest BCUT2D eigenvalue weighted by atomic mass is 19.3. The fourth-order valence-corrected chi connectivity index (χ4v) is 1.22. The van der Waals surface area contributed by atoms with Gasteiger partial charge >= 0.3 is 12.6 Å². The van der Waals surface area contributed by atoms with Gasteiger partial charge in [-0.05, 0) is 13.0 Å². The number of halogens is 2. The summed E-state index contributed by atoms with van der Waals surface area (Å²) in [4.78, 5) is 11.5. The third kappa shape index (κ3) is 3.07. The van der Waals surface area contributed by atoms with Gasteiger partial charge in [0.05, 0.1) is 12.2 Å². The van der Waals surface area contributed by atoms with Crippen LogP contribution in [0.5, 0.6) is 11.5 Å². The molecule has 0 aliphatic rings. The smallest absolute Gasteiger partial charge is 0.387 e. The summed E-state index contributed by atoms with van der Waals surface area (Å²) in [7, 11) is 0. The normalized spacial score (nSPS) is 9.94. The van der Waals surface area contributed by atoms with E-state index in [1.807, 2.05) is 0 Å². The summed E-state index contributed by atoms with van der Waals surface area (Å²) in [5, 5.41) is 18.0. The molecule has 0 heterocycles. The first-order valence-electron chi connectivity index (χ1n) is 4.88. The number of aromatic hydroxyl groups is 1. The van der Waals surface area contributed by atoms with Crippen molar-refractivity contribution in [2.45, 2.75) is 13.5 Å². The third-order valence-electron chi connectivity index (χ3n) is 1.93. The third-order valence-corrected chi connectivity index (χ3v) is 1.93. The molecular formula is C11H9F2NO4. The highest BCUT2D eigenvalue weighted by Crippen LogP contribution is 2.29.